The highest BCUT2D eigenvalue weighted by molar-refractivity contribution is 6.06. The summed E-state index contributed by atoms with van der Waals surface area (Å²) in [4.78, 5) is 10.3. The Balaban J connectivity index is 1.22. The second kappa shape index (κ2) is 12.9. The summed E-state index contributed by atoms with van der Waals surface area (Å²) in [5.74, 6) is 0.689. The van der Waals surface area contributed by atoms with Crippen LogP contribution in [0.25, 0.3) is 100.0 Å². The zero-order chi connectivity index (χ0) is 35.1. The van der Waals surface area contributed by atoms with E-state index in [-0.39, 0.29) is 0 Å². The van der Waals surface area contributed by atoms with E-state index in [4.69, 9.17) is 14.4 Å². The fraction of sp³-hybridized carbons (Fsp3) is 0. The van der Waals surface area contributed by atoms with Gasteiger partial charge in [0.2, 0.25) is 0 Å². The van der Waals surface area contributed by atoms with Crippen molar-refractivity contribution in [3.63, 3.8) is 0 Å². The summed E-state index contributed by atoms with van der Waals surface area (Å²) in [6.07, 6.45) is 0. The molecule has 0 radical (unpaired) electrons. The Kier molecular flexibility index (Phi) is 7.47. The minimum atomic E-state index is 0.689. The number of hydrogen-bond acceptors (Lipinski definition) is 3. The van der Waals surface area contributed by atoms with Crippen molar-refractivity contribution in [2.45, 2.75) is 0 Å². The van der Waals surface area contributed by atoms with E-state index in [0.29, 0.717) is 5.82 Å². The lowest BCUT2D eigenvalue weighted by Gasteiger charge is -2.16. The van der Waals surface area contributed by atoms with Gasteiger partial charge in [0.15, 0.2) is 5.82 Å². The van der Waals surface area contributed by atoms with Crippen LogP contribution >= 0.6 is 0 Å². The summed E-state index contributed by atoms with van der Waals surface area (Å²) in [7, 11) is 0. The summed E-state index contributed by atoms with van der Waals surface area (Å²) in [6, 6.07) is 68.2. The molecule has 8 aromatic carbocycles. The number of fused-ring (bicyclic) bond motifs is 4. The van der Waals surface area contributed by atoms with Gasteiger partial charge in [-0.2, -0.15) is 0 Å². The lowest BCUT2D eigenvalue weighted by molar-refractivity contribution is 0.669. The van der Waals surface area contributed by atoms with Gasteiger partial charge in [-0.15, -0.1) is 0 Å². The molecule has 248 valence electrons. The molecule has 2 heterocycles. The van der Waals surface area contributed by atoms with E-state index in [1.165, 1.54) is 21.9 Å². The van der Waals surface area contributed by atoms with Crippen LogP contribution in [-0.4, -0.2) is 9.97 Å². The molecular weight excluding hydrogens is 645 g/mol. The van der Waals surface area contributed by atoms with Gasteiger partial charge in [0.05, 0.1) is 11.4 Å². The lowest BCUT2D eigenvalue weighted by Crippen LogP contribution is -1.96. The third-order valence-electron chi connectivity index (χ3n) is 10.1. The first-order chi connectivity index (χ1) is 26.2. The molecule has 10 aromatic rings. The molecule has 3 nitrogen and oxygen atoms in total. The maximum atomic E-state index is 6.37. The fourth-order valence-electron chi connectivity index (χ4n) is 7.50. The van der Waals surface area contributed by atoms with Crippen LogP contribution in [0.4, 0.5) is 0 Å². The van der Waals surface area contributed by atoms with Gasteiger partial charge >= 0.3 is 0 Å². The highest BCUT2D eigenvalue weighted by atomic mass is 16.3. The number of hydrogen-bond donors (Lipinski definition) is 0. The Labute approximate surface area is 307 Å². The highest BCUT2D eigenvalue weighted by Crippen LogP contribution is 2.41. The first-order valence-electron chi connectivity index (χ1n) is 17.9. The van der Waals surface area contributed by atoms with Gasteiger partial charge in [0, 0.05) is 27.5 Å². The normalized spacial score (nSPS) is 11.4. The summed E-state index contributed by atoms with van der Waals surface area (Å²) < 4.78 is 6.37. The predicted octanol–water partition coefficient (Wildman–Crippen LogP) is 13.5. The van der Waals surface area contributed by atoms with Gasteiger partial charge in [-0.1, -0.05) is 152 Å². The largest absolute Gasteiger partial charge is 0.456 e. The molecule has 53 heavy (non-hydrogen) atoms. The summed E-state index contributed by atoms with van der Waals surface area (Å²) in [5, 5.41) is 4.68. The van der Waals surface area contributed by atoms with Crippen LogP contribution in [0.2, 0.25) is 0 Å². The van der Waals surface area contributed by atoms with Crippen molar-refractivity contribution in [2.24, 2.45) is 0 Å². The minimum Gasteiger partial charge on any atom is -0.456 e. The van der Waals surface area contributed by atoms with E-state index in [2.05, 4.69) is 158 Å². The van der Waals surface area contributed by atoms with E-state index in [1.54, 1.807) is 0 Å². The number of rotatable bonds is 6. The maximum Gasteiger partial charge on any atom is 0.160 e. The van der Waals surface area contributed by atoms with Gasteiger partial charge in [-0.25, -0.2) is 9.97 Å². The smallest absolute Gasteiger partial charge is 0.160 e. The Morgan fingerprint density at radius 3 is 1.72 bits per heavy atom. The lowest BCUT2D eigenvalue weighted by atomic mass is 9.88. The molecule has 10 rings (SSSR count). The van der Waals surface area contributed by atoms with Gasteiger partial charge in [-0.3, -0.25) is 0 Å². The molecule has 0 atom stereocenters. The van der Waals surface area contributed by atoms with Gasteiger partial charge in [0.25, 0.3) is 0 Å². The SMILES string of the molecule is c1ccc(-c2cc(-c3cc(-c4ccc5c(c4)oc4ccccc45)cc(-c4ccccc4-c4cccc5ccccc45)c3)nc(-c3ccccc3)n2)cc1. The first-order valence-corrected chi connectivity index (χ1v) is 17.9. The van der Waals surface area contributed by atoms with E-state index in [0.717, 1.165) is 72.3 Å². The topological polar surface area (TPSA) is 38.9 Å². The number of benzene rings is 8. The van der Waals surface area contributed by atoms with Crippen LogP contribution in [0.5, 0.6) is 0 Å². The monoisotopic (exact) mass is 676 g/mol. The van der Waals surface area contributed by atoms with Crippen molar-refractivity contribution >= 4 is 32.7 Å². The van der Waals surface area contributed by atoms with Crippen molar-refractivity contribution in [3.05, 3.63) is 194 Å². The number of nitrogens with zero attached hydrogens (tertiary/aromatic N) is 2. The van der Waals surface area contributed by atoms with E-state index in [1.807, 2.05) is 36.4 Å². The van der Waals surface area contributed by atoms with Crippen LogP contribution in [0.15, 0.2) is 199 Å². The van der Waals surface area contributed by atoms with Crippen LogP contribution in [0.3, 0.4) is 0 Å². The number of para-hydroxylation sites is 1. The fourth-order valence-corrected chi connectivity index (χ4v) is 7.50. The third kappa shape index (κ3) is 5.65. The van der Waals surface area contributed by atoms with Crippen molar-refractivity contribution in [1.29, 1.82) is 0 Å². The molecule has 0 saturated heterocycles. The summed E-state index contributed by atoms with van der Waals surface area (Å²) in [6.45, 7) is 0. The van der Waals surface area contributed by atoms with Crippen LogP contribution in [0, 0.1) is 0 Å². The van der Waals surface area contributed by atoms with Gasteiger partial charge < -0.3 is 4.42 Å². The van der Waals surface area contributed by atoms with Crippen molar-refractivity contribution in [2.75, 3.05) is 0 Å². The number of furan rings is 1. The predicted molar refractivity (Wildman–Crippen MR) is 219 cm³/mol. The zero-order valence-electron chi connectivity index (χ0n) is 28.8. The first kappa shape index (κ1) is 30.7. The standard InChI is InChI=1S/C50H32N2O/c1-3-15-34(16-4-1)46-32-47(52-50(51-46)35-17-5-2-6-18-35)39-29-37(36-26-27-45-44-23-11-12-25-48(44)53-49(45)31-36)28-38(30-39)41-21-9-10-22-42(41)43-24-13-19-33-14-7-8-20-40(33)43/h1-32H. The van der Waals surface area contributed by atoms with Crippen LogP contribution < -0.4 is 0 Å². The Bertz CT molecular complexity index is 2880. The Morgan fingerprint density at radius 1 is 0.302 bits per heavy atom. The number of aromatic nitrogens is 2. The maximum absolute atomic E-state index is 6.37. The van der Waals surface area contributed by atoms with Crippen LogP contribution in [-0.2, 0) is 0 Å². The third-order valence-corrected chi connectivity index (χ3v) is 10.1. The molecule has 2 aromatic heterocycles. The zero-order valence-corrected chi connectivity index (χ0v) is 28.8. The average Bonchev–Trinajstić information content (AvgIpc) is 3.62. The Hall–Kier alpha value is -7.10. The van der Waals surface area contributed by atoms with E-state index < -0.39 is 0 Å². The molecule has 3 heteroatoms. The van der Waals surface area contributed by atoms with Crippen molar-refractivity contribution in [3.8, 4) is 67.3 Å². The molecule has 0 aliphatic carbocycles. The molecule has 0 aliphatic rings. The molecule has 0 aliphatic heterocycles. The van der Waals surface area contributed by atoms with Crippen molar-refractivity contribution < 1.29 is 4.42 Å². The van der Waals surface area contributed by atoms with E-state index in [9.17, 15) is 0 Å². The van der Waals surface area contributed by atoms with Crippen molar-refractivity contribution in [1.82, 2.24) is 9.97 Å². The summed E-state index contributed by atoms with van der Waals surface area (Å²) >= 11 is 0. The molecule has 0 bridgehead atoms. The minimum absolute atomic E-state index is 0.689. The quantitative estimate of drug-likeness (QED) is 0.176. The summed E-state index contributed by atoms with van der Waals surface area (Å²) in [5.41, 5.74) is 13.3. The highest BCUT2D eigenvalue weighted by Gasteiger charge is 2.17. The second-order valence-electron chi connectivity index (χ2n) is 13.4. The average molecular weight is 677 g/mol. The molecule has 0 unspecified atom stereocenters. The Morgan fingerprint density at radius 2 is 0.887 bits per heavy atom. The molecule has 0 fully saturated rings. The van der Waals surface area contributed by atoms with E-state index >= 15 is 0 Å². The molecular formula is C50H32N2O. The van der Waals surface area contributed by atoms with Gasteiger partial charge in [0.1, 0.15) is 11.2 Å². The molecule has 0 spiro atoms. The molecule has 0 N–H and O–H groups in total. The van der Waals surface area contributed by atoms with Gasteiger partial charge in [-0.05, 0) is 86.6 Å². The van der Waals surface area contributed by atoms with Crippen LogP contribution in [0.1, 0.15) is 0 Å². The molecule has 0 saturated carbocycles. The molecule has 0 amide bonds. The second-order valence-corrected chi connectivity index (χ2v) is 13.4.